The van der Waals surface area contributed by atoms with E-state index in [1.54, 1.807) is 24.3 Å². The van der Waals surface area contributed by atoms with E-state index in [-0.39, 0.29) is 23.9 Å². The van der Waals surface area contributed by atoms with Crippen molar-refractivity contribution >= 4 is 29.3 Å². The van der Waals surface area contributed by atoms with Crippen molar-refractivity contribution in [2.24, 2.45) is 0 Å². The number of thioether (sulfide) groups is 1. The van der Waals surface area contributed by atoms with Gasteiger partial charge in [0.05, 0.1) is 11.3 Å². The van der Waals surface area contributed by atoms with Gasteiger partial charge >= 0.3 is 5.97 Å². The van der Waals surface area contributed by atoms with Gasteiger partial charge in [0.1, 0.15) is 5.78 Å². The first-order valence-corrected chi connectivity index (χ1v) is 9.27. The summed E-state index contributed by atoms with van der Waals surface area (Å²) in [5.41, 5.74) is 3.80. The summed E-state index contributed by atoms with van der Waals surface area (Å²) in [7, 11) is 0. The molecule has 0 heterocycles. The highest BCUT2D eigenvalue weighted by Crippen LogP contribution is 2.24. The number of benzene rings is 2. The lowest BCUT2D eigenvalue weighted by molar-refractivity contribution is -0.114. The van der Waals surface area contributed by atoms with Crippen LogP contribution in [0.2, 0.25) is 0 Å². The number of Topliss-reactive ketones (excluding diaryl/α,β-unsaturated/α-hetero) is 2. The highest BCUT2D eigenvalue weighted by molar-refractivity contribution is 8.00. The van der Waals surface area contributed by atoms with Gasteiger partial charge in [0.2, 0.25) is 5.78 Å². The molecule has 0 unspecified atom stereocenters. The van der Waals surface area contributed by atoms with Gasteiger partial charge < -0.3 is 4.74 Å². The average molecular weight is 370 g/mol. The first-order chi connectivity index (χ1) is 12.3. The van der Waals surface area contributed by atoms with Crippen LogP contribution in [-0.2, 0) is 9.53 Å². The van der Waals surface area contributed by atoms with Crippen LogP contribution in [0.1, 0.15) is 44.3 Å². The van der Waals surface area contributed by atoms with E-state index in [9.17, 15) is 14.4 Å². The van der Waals surface area contributed by atoms with Crippen molar-refractivity contribution < 1.29 is 19.1 Å². The fourth-order valence-corrected chi connectivity index (χ4v) is 3.68. The number of esters is 1. The van der Waals surface area contributed by atoms with Gasteiger partial charge in [-0.1, -0.05) is 29.8 Å². The standard InChI is InChI=1S/C21H22O4S/c1-13-9-14(2)20(15(3)10-13)18(23)11-25-21(24)17-7-5-6-8-19(17)26-12-16(4)22/h5-10H,11-12H2,1-4H3. The zero-order valence-corrected chi connectivity index (χ0v) is 16.2. The highest BCUT2D eigenvalue weighted by atomic mass is 32.2. The van der Waals surface area contributed by atoms with Crippen molar-refractivity contribution in [3.05, 3.63) is 64.2 Å². The second-order valence-corrected chi connectivity index (χ2v) is 7.28. The summed E-state index contributed by atoms with van der Waals surface area (Å²) < 4.78 is 5.25. The Hall–Kier alpha value is -2.40. The molecule has 0 saturated carbocycles. The zero-order valence-electron chi connectivity index (χ0n) is 15.4. The molecule has 2 aromatic carbocycles. The summed E-state index contributed by atoms with van der Waals surface area (Å²) in [4.78, 5) is 36.7. The van der Waals surface area contributed by atoms with Crippen molar-refractivity contribution in [2.75, 3.05) is 12.4 Å². The molecule has 0 saturated heterocycles. The lowest BCUT2D eigenvalue weighted by atomic mass is 9.97. The predicted molar refractivity (Wildman–Crippen MR) is 103 cm³/mol. The van der Waals surface area contributed by atoms with E-state index in [1.807, 2.05) is 32.9 Å². The molecule has 0 aliphatic rings. The van der Waals surface area contributed by atoms with Gasteiger partial charge in [0, 0.05) is 10.5 Å². The Morgan fingerprint density at radius 1 is 1.00 bits per heavy atom. The van der Waals surface area contributed by atoms with Crippen molar-refractivity contribution in [3.63, 3.8) is 0 Å². The Morgan fingerprint density at radius 2 is 1.62 bits per heavy atom. The van der Waals surface area contributed by atoms with Crippen LogP contribution in [0.5, 0.6) is 0 Å². The van der Waals surface area contributed by atoms with E-state index in [1.165, 1.54) is 18.7 Å². The third-order valence-electron chi connectivity index (χ3n) is 3.83. The molecule has 0 spiro atoms. The third kappa shape index (κ3) is 5.05. The number of hydrogen-bond donors (Lipinski definition) is 0. The molecule has 0 aliphatic carbocycles. The van der Waals surface area contributed by atoms with Crippen molar-refractivity contribution in [1.29, 1.82) is 0 Å². The quantitative estimate of drug-likeness (QED) is 0.412. The van der Waals surface area contributed by atoms with Gasteiger partial charge in [-0.05, 0) is 51.0 Å². The maximum absolute atomic E-state index is 12.5. The van der Waals surface area contributed by atoms with E-state index in [0.29, 0.717) is 16.0 Å². The Balaban J connectivity index is 2.10. The summed E-state index contributed by atoms with van der Waals surface area (Å²) in [5, 5.41) is 0. The molecule has 4 nitrogen and oxygen atoms in total. The Labute approximate surface area is 157 Å². The number of carbonyl (C=O) groups is 3. The molecule has 0 aliphatic heterocycles. The van der Waals surface area contributed by atoms with Crippen LogP contribution in [0.3, 0.4) is 0 Å². The summed E-state index contributed by atoms with van der Waals surface area (Å²) >= 11 is 1.29. The minimum Gasteiger partial charge on any atom is -0.454 e. The first-order valence-electron chi connectivity index (χ1n) is 8.29. The van der Waals surface area contributed by atoms with Crippen molar-refractivity contribution in [2.45, 2.75) is 32.6 Å². The number of ether oxygens (including phenoxy) is 1. The molecule has 0 radical (unpaired) electrons. The summed E-state index contributed by atoms with van der Waals surface area (Å²) in [6.45, 7) is 6.92. The summed E-state index contributed by atoms with van der Waals surface area (Å²) in [6, 6.07) is 10.8. The molecule has 0 N–H and O–H groups in total. The molecule has 0 aromatic heterocycles. The topological polar surface area (TPSA) is 60.4 Å². The third-order valence-corrected chi connectivity index (χ3v) is 5.05. The van der Waals surface area contributed by atoms with Crippen LogP contribution in [-0.4, -0.2) is 29.9 Å². The smallest absolute Gasteiger partial charge is 0.339 e. The number of ketones is 2. The van der Waals surface area contributed by atoms with E-state index >= 15 is 0 Å². The van der Waals surface area contributed by atoms with Gasteiger partial charge in [-0.15, -0.1) is 11.8 Å². The molecular weight excluding hydrogens is 348 g/mol. The highest BCUT2D eigenvalue weighted by Gasteiger charge is 2.18. The normalized spacial score (nSPS) is 10.5. The minimum absolute atomic E-state index is 0.0265. The lowest BCUT2D eigenvalue weighted by Crippen LogP contribution is -2.17. The number of rotatable bonds is 7. The molecule has 0 atom stereocenters. The monoisotopic (exact) mass is 370 g/mol. The number of hydrogen-bond acceptors (Lipinski definition) is 5. The zero-order chi connectivity index (χ0) is 19.3. The van der Waals surface area contributed by atoms with Crippen molar-refractivity contribution in [3.8, 4) is 0 Å². The second-order valence-electron chi connectivity index (χ2n) is 6.26. The summed E-state index contributed by atoms with van der Waals surface area (Å²) in [5.74, 6) is -0.473. The van der Waals surface area contributed by atoms with Crippen LogP contribution >= 0.6 is 11.8 Å². The molecule has 0 fully saturated rings. The molecule has 26 heavy (non-hydrogen) atoms. The molecule has 0 bridgehead atoms. The largest absolute Gasteiger partial charge is 0.454 e. The van der Waals surface area contributed by atoms with Crippen LogP contribution in [0.15, 0.2) is 41.3 Å². The maximum atomic E-state index is 12.5. The van der Waals surface area contributed by atoms with E-state index in [4.69, 9.17) is 4.74 Å². The van der Waals surface area contributed by atoms with Crippen LogP contribution < -0.4 is 0 Å². The molecule has 2 rings (SSSR count). The van der Waals surface area contributed by atoms with Gasteiger partial charge in [0.15, 0.2) is 6.61 Å². The first kappa shape index (κ1) is 19.9. The number of carbonyl (C=O) groups excluding carboxylic acids is 3. The van der Waals surface area contributed by atoms with E-state index < -0.39 is 5.97 Å². The minimum atomic E-state index is -0.563. The van der Waals surface area contributed by atoms with Gasteiger partial charge in [-0.3, -0.25) is 9.59 Å². The van der Waals surface area contributed by atoms with E-state index in [0.717, 1.165) is 16.7 Å². The van der Waals surface area contributed by atoms with Gasteiger partial charge in [-0.25, -0.2) is 4.79 Å². The Morgan fingerprint density at radius 3 is 2.23 bits per heavy atom. The maximum Gasteiger partial charge on any atom is 0.339 e. The molecule has 0 amide bonds. The van der Waals surface area contributed by atoms with Crippen LogP contribution in [0.4, 0.5) is 0 Å². The lowest BCUT2D eigenvalue weighted by Gasteiger charge is -2.12. The molecule has 5 heteroatoms. The van der Waals surface area contributed by atoms with Gasteiger partial charge in [-0.2, -0.15) is 0 Å². The van der Waals surface area contributed by atoms with Crippen LogP contribution in [0, 0.1) is 20.8 Å². The van der Waals surface area contributed by atoms with Gasteiger partial charge in [0.25, 0.3) is 0 Å². The molecular formula is C21H22O4S. The second kappa shape index (κ2) is 8.81. The molecule has 136 valence electrons. The van der Waals surface area contributed by atoms with Crippen molar-refractivity contribution in [1.82, 2.24) is 0 Å². The Kier molecular flexibility index (Phi) is 6.75. The number of aryl methyl sites for hydroxylation is 3. The van der Waals surface area contributed by atoms with E-state index in [2.05, 4.69) is 0 Å². The SMILES string of the molecule is CC(=O)CSc1ccccc1C(=O)OCC(=O)c1c(C)cc(C)cc1C. The fourth-order valence-electron chi connectivity index (χ4n) is 2.84. The average Bonchev–Trinajstić information content (AvgIpc) is 2.57. The predicted octanol–water partition coefficient (Wildman–Crippen LogP) is 4.33. The fraction of sp³-hybridized carbons (Fsp3) is 0.286. The summed E-state index contributed by atoms with van der Waals surface area (Å²) in [6.07, 6.45) is 0. The Bertz CT molecular complexity index is 832. The molecule has 2 aromatic rings. The van der Waals surface area contributed by atoms with Crippen LogP contribution in [0.25, 0.3) is 0 Å².